The average molecular weight is 191 g/mol. The van der Waals surface area contributed by atoms with Gasteiger partial charge in [-0.15, -0.1) is 12.6 Å². The Morgan fingerprint density at radius 2 is 1.54 bits per heavy atom. The average Bonchev–Trinajstić information content (AvgIpc) is 2.22. The minimum absolute atomic E-state index is 1.04. The van der Waals surface area contributed by atoms with Crippen molar-refractivity contribution in [3.05, 3.63) is 42.5 Å². The van der Waals surface area contributed by atoms with Crippen LogP contribution in [0.1, 0.15) is 0 Å². The van der Waals surface area contributed by atoms with Crippen molar-refractivity contribution in [2.75, 3.05) is 7.05 Å². The summed E-state index contributed by atoms with van der Waals surface area (Å²) in [5, 5.41) is 2.47. The fourth-order valence-corrected chi connectivity index (χ4v) is 1.50. The van der Waals surface area contributed by atoms with Gasteiger partial charge in [-0.3, -0.25) is 0 Å². The van der Waals surface area contributed by atoms with Crippen molar-refractivity contribution in [2.24, 2.45) is 5.73 Å². The van der Waals surface area contributed by atoms with Crippen molar-refractivity contribution in [1.29, 1.82) is 0 Å². The largest absolute Gasteiger partial charge is 0.333 e. The maximum atomic E-state index is 4.50. The zero-order chi connectivity index (χ0) is 9.68. The Balaban J connectivity index is 0.000000396. The van der Waals surface area contributed by atoms with E-state index in [9.17, 15) is 0 Å². The smallest absolute Gasteiger partial charge is 0.0119 e. The van der Waals surface area contributed by atoms with E-state index in [1.54, 1.807) is 0 Å². The lowest BCUT2D eigenvalue weighted by atomic mass is 10.1. The Morgan fingerprint density at radius 1 is 0.923 bits per heavy atom. The van der Waals surface area contributed by atoms with E-state index in [4.69, 9.17) is 0 Å². The number of benzene rings is 2. The van der Waals surface area contributed by atoms with E-state index in [1.807, 2.05) is 24.3 Å². The van der Waals surface area contributed by atoms with Crippen LogP contribution in [-0.4, -0.2) is 7.05 Å². The van der Waals surface area contributed by atoms with Crippen LogP contribution in [0.4, 0.5) is 0 Å². The molecule has 2 N–H and O–H groups in total. The molecule has 0 radical (unpaired) electrons. The van der Waals surface area contributed by atoms with Crippen molar-refractivity contribution in [3.63, 3.8) is 0 Å². The molecule has 13 heavy (non-hydrogen) atoms. The van der Waals surface area contributed by atoms with E-state index in [0.717, 1.165) is 4.90 Å². The third-order valence-electron chi connectivity index (χ3n) is 1.77. The molecule has 2 aromatic rings. The molecule has 0 unspecified atom stereocenters. The number of hydrogen-bond acceptors (Lipinski definition) is 2. The minimum Gasteiger partial charge on any atom is -0.333 e. The number of nitrogens with two attached hydrogens (primary N) is 1. The van der Waals surface area contributed by atoms with Gasteiger partial charge in [0.25, 0.3) is 0 Å². The molecule has 0 spiro atoms. The zero-order valence-corrected chi connectivity index (χ0v) is 8.46. The van der Waals surface area contributed by atoms with Gasteiger partial charge in [0, 0.05) is 4.90 Å². The molecule has 0 amide bonds. The molecule has 1 nitrogen and oxygen atoms in total. The standard InChI is InChI=1S/C10H8S.CH5N/c11-10-7-3-5-8-4-1-2-6-9(8)10;1-2/h1-7,11H;2H2,1H3. The molecule has 0 saturated carbocycles. The van der Waals surface area contributed by atoms with E-state index in [2.05, 4.69) is 36.6 Å². The number of thiol groups is 1. The molecule has 0 aliphatic heterocycles. The highest BCUT2D eigenvalue weighted by molar-refractivity contribution is 7.80. The van der Waals surface area contributed by atoms with E-state index in [0.29, 0.717) is 0 Å². The number of fused-ring (bicyclic) bond motifs is 1. The second-order valence-corrected chi connectivity index (χ2v) is 2.98. The van der Waals surface area contributed by atoms with Gasteiger partial charge in [-0.05, 0) is 23.9 Å². The van der Waals surface area contributed by atoms with Gasteiger partial charge < -0.3 is 5.73 Å². The molecule has 0 aliphatic rings. The summed E-state index contributed by atoms with van der Waals surface area (Å²) in [6.07, 6.45) is 0. The molecule has 0 atom stereocenters. The monoisotopic (exact) mass is 191 g/mol. The minimum atomic E-state index is 1.04. The molecule has 0 heterocycles. The van der Waals surface area contributed by atoms with Crippen LogP contribution in [0.15, 0.2) is 47.4 Å². The third kappa shape index (κ3) is 2.23. The quantitative estimate of drug-likeness (QED) is 0.615. The highest BCUT2D eigenvalue weighted by Gasteiger charge is 1.92. The molecule has 0 aliphatic carbocycles. The molecule has 2 heteroatoms. The first-order chi connectivity index (χ1) is 6.38. The summed E-state index contributed by atoms with van der Waals surface area (Å²) in [5.41, 5.74) is 4.50. The predicted molar refractivity (Wildman–Crippen MR) is 61.3 cm³/mol. The SMILES string of the molecule is CN.Sc1cccc2ccccc12. The maximum Gasteiger partial charge on any atom is 0.0119 e. The normalized spacial score (nSPS) is 9.15. The Labute approximate surface area is 84.0 Å². The highest BCUT2D eigenvalue weighted by Crippen LogP contribution is 2.20. The third-order valence-corrected chi connectivity index (χ3v) is 2.16. The van der Waals surface area contributed by atoms with Gasteiger partial charge in [-0.25, -0.2) is 0 Å². The topological polar surface area (TPSA) is 26.0 Å². The fraction of sp³-hybridized carbons (Fsp3) is 0.0909. The highest BCUT2D eigenvalue weighted by atomic mass is 32.1. The van der Waals surface area contributed by atoms with Crippen molar-refractivity contribution < 1.29 is 0 Å². The van der Waals surface area contributed by atoms with Crippen molar-refractivity contribution >= 4 is 23.4 Å². The Morgan fingerprint density at radius 3 is 2.23 bits per heavy atom. The van der Waals surface area contributed by atoms with Crippen LogP contribution in [0, 0.1) is 0 Å². The second-order valence-electron chi connectivity index (χ2n) is 2.50. The van der Waals surface area contributed by atoms with Crippen molar-refractivity contribution in [2.45, 2.75) is 4.90 Å². The number of rotatable bonds is 0. The first-order valence-corrected chi connectivity index (χ1v) is 4.57. The van der Waals surface area contributed by atoms with Gasteiger partial charge in [-0.2, -0.15) is 0 Å². The van der Waals surface area contributed by atoms with Gasteiger partial charge in [0.05, 0.1) is 0 Å². The van der Waals surface area contributed by atoms with E-state index >= 15 is 0 Å². The lowest BCUT2D eigenvalue weighted by Gasteiger charge is -1.98. The summed E-state index contributed by atoms with van der Waals surface area (Å²) in [5.74, 6) is 0. The van der Waals surface area contributed by atoms with Gasteiger partial charge in [0.1, 0.15) is 0 Å². The van der Waals surface area contributed by atoms with E-state index < -0.39 is 0 Å². The molecular formula is C11H13NS. The number of hydrogen-bond donors (Lipinski definition) is 2. The summed E-state index contributed by atoms with van der Waals surface area (Å²) in [6, 6.07) is 14.4. The lowest BCUT2D eigenvalue weighted by Crippen LogP contribution is -1.71. The molecule has 0 saturated heterocycles. The van der Waals surface area contributed by atoms with Crippen LogP contribution >= 0.6 is 12.6 Å². The van der Waals surface area contributed by atoms with Crippen LogP contribution in [0.3, 0.4) is 0 Å². The van der Waals surface area contributed by atoms with Gasteiger partial charge in [-0.1, -0.05) is 36.4 Å². The van der Waals surface area contributed by atoms with E-state index in [1.165, 1.54) is 17.8 Å². The molecule has 68 valence electrons. The summed E-state index contributed by atoms with van der Waals surface area (Å²) in [7, 11) is 1.50. The molecule has 0 fully saturated rings. The Kier molecular flexibility index (Phi) is 3.80. The first kappa shape index (κ1) is 10.1. The second kappa shape index (κ2) is 4.90. The van der Waals surface area contributed by atoms with Crippen LogP contribution in [0.2, 0.25) is 0 Å². The van der Waals surface area contributed by atoms with E-state index in [-0.39, 0.29) is 0 Å². The molecule has 0 bridgehead atoms. The Hall–Kier alpha value is -0.990. The molecule has 0 aromatic heterocycles. The van der Waals surface area contributed by atoms with Crippen LogP contribution in [-0.2, 0) is 0 Å². The fourth-order valence-electron chi connectivity index (χ4n) is 1.21. The van der Waals surface area contributed by atoms with Gasteiger partial charge >= 0.3 is 0 Å². The zero-order valence-electron chi connectivity index (χ0n) is 7.57. The van der Waals surface area contributed by atoms with Crippen LogP contribution < -0.4 is 5.73 Å². The lowest BCUT2D eigenvalue weighted by molar-refractivity contribution is 1.48. The van der Waals surface area contributed by atoms with Crippen molar-refractivity contribution in [3.8, 4) is 0 Å². The van der Waals surface area contributed by atoms with Gasteiger partial charge in [0.15, 0.2) is 0 Å². The summed E-state index contributed by atoms with van der Waals surface area (Å²) >= 11 is 4.35. The Bertz CT molecular complexity index is 379. The summed E-state index contributed by atoms with van der Waals surface area (Å²) in [6.45, 7) is 0. The van der Waals surface area contributed by atoms with Crippen molar-refractivity contribution in [1.82, 2.24) is 0 Å². The molecule has 2 aromatic carbocycles. The van der Waals surface area contributed by atoms with Crippen LogP contribution in [0.25, 0.3) is 10.8 Å². The van der Waals surface area contributed by atoms with Gasteiger partial charge in [0.2, 0.25) is 0 Å². The summed E-state index contributed by atoms with van der Waals surface area (Å²) < 4.78 is 0. The molecular weight excluding hydrogens is 178 g/mol. The predicted octanol–water partition coefficient (Wildman–Crippen LogP) is 2.70. The maximum absolute atomic E-state index is 4.50. The van der Waals surface area contributed by atoms with Crippen LogP contribution in [0.5, 0.6) is 0 Å². The summed E-state index contributed by atoms with van der Waals surface area (Å²) in [4.78, 5) is 1.04. The molecule has 2 rings (SSSR count). The first-order valence-electron chi connectivity index (χ1n) is 4.12.